The molecule has 0 aromatic heterocycles. The third kappa shape index (κ3) is 9.18. The van der Waals surface area contributed by atoms with Crippen LogP contribution in [0.3, 0.4) is 0 Å². The summed E-state index contributed by atoms with van der Waals surface area (Å²) in [5.74, 6) is -0.698. The summed E-state index contributed by atoms with van der Waals surface area (Å²) in [4.78, 5) is 18.2. The lowest BCUT2D eigenvalue weighted by Gasteiger charge is -2.19. The molecule has 0 bridgehead atoms. The first-order valence-corrected chi connectivity index (χ1v) is 11.3. The number of guanidine groups is 1. The van der Waals surface area contributed by atoms with Crippen molar-refractivity contribution >= 4 is 63.2 Å². The van der Waals surface area contributed by atoms with E-state index in [1.165, 1.54) is 6.07 Å². The minimum Gasteiger partial charge on any atom is -0.465 e. The first-order valence-electron chi connectivity index (χ1n) is 9.80. The summed E-state index contributed by atoms with van der Waals surface area (Å²) in [6.45, 7) is 2.09. The number of hydrogen-bond acceptors (Lipinski definition) is 8. The number of esters is 1. The van der Waals surface area contributed by atoms with Crippen LogP contribution in [-0.4, -0.2) is 53.6 Å². The van der Waals surface area contributed by atoms with E-state index in [1.807, 2.05) is 31.1 Å². The molecular weight excluding hydrogens is 505 g/mol. The van der Waals surface area contributed by atoms with E-state index in [2.05, 4.69) is 9.71 Å². The number of nitrogens with zero attached hydrogens (tertiary/aromatic N) is 4. The number of anilines is 1. The summed E-state index contributed by atoms with van der Waals surface area (Å²) < 4.78 is 33.9. The lowest BCUT2D eigenvalue weighted by atomic mass is 10.1. The molecule has 0 aliphatic carbocycles. The average molecular weight is 536 g/mol. The maximum Gasteiger partial charge on any atom is 0.324 e. The fraction of sp³-hybridized carbons (Fsp3) is 0.400. The Morgan fingerprint density at radius 1 is 1.12 bits per heavy atom. The lowest BCUT2D eigenvalue weighted by molar-refractivity contribution is -0.145. The Bertz CT molecular complexity index is 1080. The average Bonchev–Trinajstić information content (AvgIpc) is 2.76. The highest BCUT2D eigenvalue weighted by molar-refractivity contribution is 7.89. The first kappa shape index (κ1) is 33.3. The SMILES string of the molecule is CCOC(=O)[C@H](CCCN=C(N)N)NS(=O)(=O)c1cccc2c(N(C)C)cccc12.Cl.Cl.N#N. The molecule has 2 aromatic rings. The maximum absolute atomic E-state index is 13.2. The quantitative estimate of drug-likeness (QED) is 0.134. The molecule has 1 atom stereocenters. The molecule has 0 saturated heterocycles. The first-order chi connectivity index (χ1) is 15.2. The van der Waals surface area contributed by atoms with Gasteiger partial charge >= 0.3 is 5.97 Å². The zero-order chi connectivity index (χ0) is 24.3. The number of nitrogens with two attached hydrogens (primary N) is 2. The fourth-order valence-electron chi connectivity index (χ4n) is 3.11. The molecule has 5 N–H and O–H groups in total. The van der Waals surface area contributed by atoms with Gasteiger partial charge in [0.2, 0.25) is 10.0 Å². The van der Waals surface area contributed by atoms with E-state index in [0.717, 1.165) is 11.1 Å². The molecule has 34 heavy (non-hydrogen) atoms. The summed E-state index contributed by atoms with van der Waals surface area (Å²) in [7, 11) is -0.219. The van der Waals surface area contributed by atoms with Crippen LogP contribution in [0.2, 0.25) is 0 Å². The number of sulfonamides is 1. The van der Waals surface area contributed by atoms with Gasteiger partial charge in [-0.1, -0.05) is 24.3 Å². The number of aliphatic imine (C=N–C) groups is 1. The van der Waals surface area contributed by atoms with Gasteiger partial charge in [-0.25, -0.2) is 8.42 Å². The number of nitrogens with one attached hydrogen (secondary N) is 1. The van der Waals surface area contributed by atoms with Crippen molar-refractivity contribution in [3.63, 3.8) is 0 Å². The third-order valence-electron chi connectivity index (χ3n) is 4.44. The van der Waals surface area contributed by atoms with Crippen molar-refractivity contribution in [3.8, 4) is 0 Å². The molecule has 11 nitrogen and oxygen atoms in total. The number of rotatable bonds is 10. The molecule has 0 amide bonds. The van der Waals surface area contributed by atoms with Gasteiger partial charge in [0, 0.05) is 47.9 Å². The lowest BCUT2D eigenvalue weighted by Crippen LogP contribution is -2.42. The number of halogens is 2. The number of carbonyl (C=O) groups excluding carboxylic acids is 1. The van der Waals surface area contributed by atoms with Crippen LogP contribution >= 0.6 is 24.8 Å². The Morgan fingerprint density at radius 2 is 1.71 bits per heavy atom. The van der Waals surface area contributed by atoms with E-state index < -0.39 is 22.0 Å². The third-order valence-corrected chi connectivity index (χ3v) is 5.97. The van der Waals surface area contributed by atoms with E-state index in [1.54, 1.807) is 25.1 Å². The van der Waals surface area contributed by atoms with Crippen molar-refractivity contribution in [2.45, 2.75) is 30.7 Å². The summed E-state index contributed by atoms with van der Waals surface area (Å²) >= 11 is 0. The molecule has 0 aliphatic rings. The molecule has 0 spiro atoms. The van der Waals surface area contributed by atoms with Gasteiger partial charge in [0.05, 0.1) is 11.5 Å². The predicted molar refractivity (Wildman–Crippen MR) is 137 cm³/mol. The van der Waals surface area contributed by atoms with Crippen LogP contribution in [0.15, 0.2) is 46.3 Å². The second-order valence-corrected chi connectivity index (χ2v) is 8.58. The Labute approximate surface area is 212 Å². The van der Waals surface area contributed by atoms with Crippen LogP contribution in [0, 0.1) is 10.8 Å². The number of benzene rings is 2. The van der Waals surface area contributed by atoms with E-state index in [4.69, 9.17) is 27.0 Å². The van der Waals surface area contributed by atoms with Crippen LogP contribution in [0.4, 0.5) is 5.69 Å². The van der Waals surface area contributed by atoms with Crippen LogP contribution in [0.25, 0.3) is 10.8 Å². The van der Waals surface area contributed by atoms with Gasteiger partial charge in [-0.15, -0.1) is 24.8 Å². The van der Waals surface area contributed by atoms with E-state index >= 15 is 0 Å². The minimum atomic E-state index is -4.00. The van der Waals surface area contributed by atoms with Crippen LogP contribution in [-0.2, 0) is 19.6 Å². The van der Waals surface area contributed by atoms with Crippen LogP contribution in [0.1, 0.15) is 19.8 Å². The molecular formula is C20H31Cl2N7O4S. The molecule has 14 heteroatoms. The zero-order valence-electron chi connectivity index (χ0n) is 19.2. The molecule has 0 saturated carbocycles. The molecule has 0 fully saturated rings. The smallest absolute Gasteiger partial charge is 0.324 e. The fourth-order valence-corrected chi connectivity index (χ4v) is 4.55. The van der Waals surface area contributed by atoms with Gasteiger partial charge in [0.1, 0.15) is 6.04 Å². The summed E-state index contributed by atoms with van der Waals surface area (Å²) in [6, 6.07) is 9.48. The van der Waals surface area contributed by atoms with E-state index in [0.29, 0.717) is 11.8 Å². The van der Waals surface area contributed by atoms with Gasteiger partial charge in [-0.2, -0.15) is 4.72 Å². The largest absolute Gasteiger partial charge is 0.465 e. The summed E-state index contributed by atoms with van der Waals surface area (Å²) in [6.07, 6.45) is 0.604. The Morgan fingerprint density at radius 3 is 2.26 bits per heavy atom. The minimum absolute atomic E-state index is 0. The Hall–Kier alpha value is -2.85. The van der Waals surface area contributed by atoms with Crippen molar-refractivity contribution in [2.75, 3.05) is 32.1 Å². The van der Waals surface area contributed by atoms with Gasteiger partial charge < -0.3 is 21.1 Å². The Kier molecular flexibility index (Phi) is 15.6. The second-order valence-electron chi connectivity index (χ2n) is 6.90. The highest BCUT2D eigenvalue weighted by Crippen LogP contribution is 2.30. The summed E-state index contributed by atoms with van der Waals surface area (Å²) in [5, 5.41) is 13.4. The topological polar surface area (TPSA) is 188 Å². The molecule has 0 radical (unpaired) electrons. The Balaban J connectivity index is 0. The molecule has 0 unspecified atom stereocenters. The van der Waals surface area contributed by atoms with Crippen molar-refractivity contribution in [1.29, 1.82) is 10.8 Å². The molecule has 2 aromatic carbocycles. The van der Waals surface area contributed by atoms with Gasteiger partial charge in [-0.05, 0) is 31.9 Å². The van der Waals surface area contributed by atoms with Crippen molar-refractivity contribution in [2.24, 2.45) is 16.5 Å². The maximum atomic E-state index is 13.2. The van der Waals surface area contributed by atoms with Gasteiger partial charge in [-0.3, -0.25) is 9.79 Å². The van der Waals surface area contributed by atoms with Crippen molar-refractivity contribution in [3.05, 3.63) is 36.4 Å². The molecule has 0 heterocycles. The van der Waals surface area contributed by atoms with Crippen molar-refractivity contribution < 1.29 is 17.9 Å². The van der Waals surface area contributed by atoms with Gasteiger partial charge in [0.25, 0.3) is 0 Å². The highest BCUT2D eigenvalue weighted by atomic mass is 35.5. The number of hydrogen-bond donors (Lipinski definition) is 3. The van der Waals surface area contributed by atoms with Gasteiger partial charge in [0.15, 0.2) is 5.96 Å². The summed E-state index contributed by atoms with van der Waals surface area (Å²) in [5.41, 5.74) is 11.5. The standard InChI is InChI=1S/C20H29N5O4S.2ClH.N2/c1-4-29-19(26)16(10-7-13-23-20(21)22)24-30(27,28)18-12-6-8-14-15(18)9-5-11-17(14)25(2)3;;;1-2/h5-6,8-9,11-12,16,24H,4,7,10,13H2,1-3H3,(H4,21,22,23);2*1H;/t16-;;;/m0.../s1. The van der Waals surface area contributed by atoms with Crippen LogP contribution in [0.5, 0.6) is 0 Å². The number of ether oxygens (including phenoxy) is 1. The second kappa shape index (κ2) is 15.9. The van der Waals surface area contributed by atoms with Crippen LogP contribution < -0.4 is 21.1 Å². The molecule has 0 aliphatic heterocycles. The monoisotopic (exact) mass is 535 g/mol. The van der Waals surface area contributed by atoms with E-state index in [-0.39, 0.29) is 55.2 Å². The number of fused-ring (bicyclic) bond motifs is 1. The number of carbonyl (C=O) groups is 1. The predicted octanol–water partition coefficient (Wildman–Crippen LogP) is 2.04. The zero-order valence-corrected chi connectivity index (χ0v) is 21.6. The normalized spacial score (nSPS) is 11.0. The molecule has 2 rings (SSSR count). The van der Waals surface area contributed by atoms with E-state index in [9.17, 15) is 13.2 Å². The highest BCUT2D eigenvalue weighted by Gasteiger charge is 2.28. The molecule has 190 valence electrons. The van der Waals surface area contributed by atoms with Crippen molar-refractivity contribution in [1.82, 2.24) is 4.72 Å².